The average molecular weight is 258 g/mol. The third kappa shape index (κ3) is 2.57. The van der Waals surface area contributed by atoms with Crippen molar-refractivity contribution in [3.8, 4) is 0 Å². The molecule has 1 aromatic rings. The Balaban J connectivity index is 2.07. The Morgan fingerprint density at radius 1 is 1.28 bits per heavy atom. The highest BCUT2D eigenvalue weighted by atomic mass is 19.4. The second-order valence-corrected chi connectivity index (χ2v) is 4.50. The van der Waals surface area contributed by atoms with E-state index in [4.69, 9.17) is 5.73 Å². The molecule has 1 aliphatic carbocycles. The smallest absolute Gasteiger partial charge is 0.399 e. The summed E-state index contributed by atoms with van der Waals surface area (Å²) < 4.78 is 36.1. The zero-order chi connectivity index (χ0) is 13.4. The van der Waals surface area contributed by atoms with Gasteiger partial charge < -0.3 is 11.1 Å². The van der Waals surface area contributed by atoms with Crippen molar-refractivity contribution in [2.75, 3.05) is 12.3 Å². The Kier molecular flexibility index (Phi) is 2.96. The number of hydrogen-bond donors (Lipinski definition) is 2. The van der Waals surface area contributed by atoms with Gasteiger partial charge in [-0.15, -0.1) is 0 Å². The SMILES string of the molecule is Nc1ccc(C2(C(=O)NCC(F)(F)F)CC2)cc1. The molecule has 3 nitrogen and oxygen atoms in total. The number of halogens is 3. The predicted molar refractivity (Wildman–Crippen MR) is 60.8 cm³/mol. The van der Waals surface area contributed by atoms with E-state index in [1.807, 2.05) is 5.32 Å². The van der Waals surface area contributed by atoms with Crippen LogP contribution < -0.4 is 11.1 Å². The Morgan fingerprint density at radius 2 is 1.83 bits per heavy atom. The molecule has 0 bridgehead atoms. The van der Waals surface area contributed by atoms with Gasteiger partial charge in [0.05, 0.1) is 5.41 Å². The summed E-state index contributed by atoms with van der Waals surface area (Å²) in [4.78, 5) is 11.8. The Morgan fingerprint density at radius 3 is 2.28 bits per heavy atom. The van der Waals surface area contributed by atoms with Crippen LogP contribution in [-0.2, 0) is 10.2 Å². The molecule has 0 radical (unpaired) electrons. The van der Waals surface area contributed by atoms with Gasteiger partial charge in [0, 0.05) is 5.69 Å². The van der Waals surface area contributed by atoms with Gasteiger partial charge in [0.1, 0.15) is 6.54 Å². The van der Waals surface area contributed by atoms with Crippen LogP contribution >= 0.6 is 0 Å². The van der Waals surface area contributed by atoms with Crippen LogP contribution in [0.4, 0.5) is 18.9 Å². The van der Waals surface area contributed by atoms with Crippen LogP contribution in [0.3, 0.4) is 0 Å². The second-order valence-electron chi connectivity index (χ2n) is 4.50. The molecule has 0 spiro atoms. The lowest BCUT2D eigenvalue weighted by molar-refractivity contribution is -0.139. The molecule has 1 aromatic carbocycles. The quantitative estimate of drug-likeness (QED) is 0.814. The number of nitrogen functional groups attached to an aromatic ring is 1. The lowest BCUT2D eigenvalue weighted by atomic mass is 9.95. The number of carbonyl (C=O) groups is 1. The van der Waals surface area contributed by atoms with Crippen LogP contribution in [0.1, 0.15) is 18.4 Å². The van der Waals surface area contributed by atoms with Crippen molar-refractivity contribution < 1.29 is 18.0 Å². The largest absolute Gasteiger partial charge is 0.405 e. The van der Waals surface area contributed by atoms with Gasteiger partial charge in [0.25, 0.3) is 0 Å². The minimum absolute atomic E-state index is 0.560. The molecular weight excluding hydrogens is 245 g/mol. The molecule has 98 valence electrons. The van der Waals surface area contributed by atoms with Gasteiger partial charge in [-0.2, -0.15) is 13.2 Å². The summed E-state index contributed by atoms with van der Waals surface area (Å²) in [6.45, 7) is -1.29. The number of benzene rings is 1. The van der Waals surface area contributed by atoms with Gasteiger partial charge in [-0.05, 0) is 30.5 Å². The first-order valence-corrected chi connectivity index (χ1v) is 5.55. The van der Waals surface area contributed by atoms with Crippen molar-refractivity contribution in [1.29, 1.82) is 0 Å². The second kappa shape index (κ2) is 4.19. The van der Waals surface area contributed by atoms with Gasteiger partial charge in [0.15, 0.2) is 0 Å². The first kappa shape index (κ1) is 12.7. The molecule has 1 saturated carbocycles. The topological polar surface area (TPSA) is 55.1 Å². The first-order chi connectivity index (χ1) is 8.33. The number of alkyl halides is 3. The summed E-state index contributed by atoms with van der Waals surface area (Å²) in [5, 5.41) is 1.94. The fourth-order valence-corrected chi connectivity index (χ4v) is 1.92. The average Bonchev–Trinajstić information content (AvgIpc) is 3.07. The zero-order valence-corrected chi connectivity index (χ0v) is 9.55. The number of hydrogen-bond acceptors (Lipinski definition) is 2. The zero-order valence-electron chi connectivity index (χ0n) is 9.55. The van der Waals surface area contributed by atoms with Crippen LogP contribution in [0, 0.1) is 0 Å². The van der Waals surface area contributed by atoms with E-state index in [2.05, 4.69) is 0 Å². The van der Waals surface area contributed by atoms with E-state index in [1.165, 1.54) is 0 Å². The molecule has 0 aliphatic heterocycles. The Labute approximate surface area is 102 Å². The van der Waals surface area contributed by atoms with Crippen LogP contribution in [-0.4, -0.2) is 18.6 Å². The molecule has 1 fully saturated rings. The van der Waals surface area contributed by atoms with Gasteiger partial charge in [-0.25, -0.2) is 0 Å². The lowest BCUT2D eigenvalue weighted by Crippen LogP contribution is -2.40. The van der Waals surface area contributed by atoms with Crippen LogP contribution in [0.5, 0.6) is 0 Å². The molecule has 0 atom stereocenters. The van der Waals surface area contributed by atoms with Gasteiger partial charge >= 0.3 is 6.18 Å². The van der Waals surface area contributed by atoms with Crippen molar-refractivity contribution in [2.24, 2.45) is 0 Å². The normalized spacial score (nSPS) is 17.3. The van der Waals surface area contributed by atoms with E-state index in [0.717, 1.165) is 5.56 Å². The monoisotopic (exact) mass is 258 g/mol. The highest BCUT2D eigenvalue weighted by molar-refractivity contribution is 5.91. The van der Waals surface area contributed by atoms with Crippen LogP contribution in [0.25, 0.3) is 0 Å². The highest BCUT2D eigenvalue weighted by Crippen LogP contribution is 2.48. The molecule has 0 saturated heterocycles. The van der Waals surface area contributed by atoms with E-state index >= 15 is 0 Å². The summed E-state index contributed by atoms with van der Waals surface area (Å²) >= 11 is 0. The standard InChI is InChI=1S/C12H13F3N2O/c13-12(14,15)7-17-10(18)11(5-6-11)8-1-3-9(16)4-2-8/h1-4H,5-7,16H2,(H,17,18). The summed E-state index contributed by atoms with van der Waals surface area (Å²) in [6.07, 6.45) is -3.24. The number of anilines is 1. The van der Waals surface area contributed by atoms with Gasteiger partial charge in [-0.1, -0.05) is 12.1 Å². The number of carbonyl (C=O) groups excluding carboxylic acids is 1. The van der Waals surface area contributed by atoms with Crippen molar-refractivity contribution >= 4 is 11.6 Å². The number of nitrogens with two attached hydrogens (primary N) is 1. The highest BCUT2D eigenvalue weighted by Gasteiger charge is 2.51. The molecule has 0 aromatic heterocycles. The molecule has 6 heteroatoms. The van der Waals surface area contributed by atoms with Crippen LogP contribution in [0.2, 0.25) is 0 Å². The van der Waals surface area contributed by atoms with Crippen molar-refractivity contribution in [3.05, 3.63) is 29.8 Å². The number of rotatable bonds is 3. The molecule has 3 N–H and O–H groups in total. The van der Waals surface area contributed by atoms with Crippen molar-refractivity contribution in [1.82, 2.24) is 5.32 Å². The summed E-state index contributed by atoms with van der Waals surface area (Å²) in [5.74, 6) is -0.565. The molecule has 0 unspecified atom stereocenters. The molecule has 18 heavy (non-hydrogen) atoms. The Bertz CT molecular complexity index is 449. The van der Waals surface area contributed by atoms with E-state index in [1.54, 1.807) is 24.3 Å². The molecule has 2 rings (SSSR count). The minimum Gasteiger partial charge on any atom is -0.399 e. The molecule has 1 amide bonds. The molecule has 0 heterocycles. The molecular formula is C12H13F3N2O. The van der Waals surface area contributed by atoms with Gasteiger partial charge in [0.2, 0.25) is 5.91 Å². The first-order valence-electron chi connectivity index (χ1n) is 5.55. The van der Waals surface area contributed by atoms with Crippen molar-refractivity contribution in [2.45, 2.75) is 24.4 Å². The third-order valence-electron chi connectivity index (χ3n) is 3.10. The third-order valence-corrected chi connectivity index (χ3v) is 3.10. The van der Waals surface area contributed by atoms with E-state index in [-0.39, 0.29) is 0 Å². The fourth-order valence-electron chi connectivity index (χ4n) is 1.92. The van der Waals surface area contributed by atoms with E-state index < -0.39 is 24.0 Å². The van der Waals surface area contributed by atoms with Crippen molar-refractivity contribution in [3.63, 3.8) is 0 Å². The van der Waals surface area contributed by atoms with E-state index in [0.29, 0.717) is 18.5 Å². The predicted octanol–water partition coefficient (Wildman–Crippen LogP) is 1.98. The summed E-state index contributed by atoms with van der Waals surface area (Å²) in [6, 6.07) is 6.67. The molecule has 1 aliphatic rings. The maximum absolute atomic E-state index is 12.0. The maximum atomic E-state index is 12.0. The summed E-state index contributed by atoms with van der Waals surface area (Å²) in [7, 11) is 0. The van der Waals surface area contributed by atoms with Gasteiger partial charge in [-0.3, -0.25) is 4.79 Å². The number of amides is 1. The van der Waals surface area contributed by atoms with E-state index in [9.17, 15) is 18.0 Å². The Hall–Kier alpha value is -1.72. The minimum atomic E-state index is -4.38. The fraction of sp³-hybridized carbons (Fsp3) is 0.417. The number of nitrogens with one attached hydrogen (secondary N) is 1. The maximum Gasteiger partial charge on any atom is 0.405 e. The summed E-state index contributed by atoms with van der Waals surface area (Å²) in [5.41, 5.74) is 6.02. The lowest BCUT2D eigenvalue weighted by Gasteiger charge is -2.16. The van der Waals surface area contributed by atoms with Crippen LogP contribution in [0.15, 0.2) is 24.3 Å².